The maximum absolute atomic E-state index is 11.7. The second kappa shape index (κ2) is 14.1. The molecule has 2 N–H and O–H groups in total. The Morgan fingerprint density at radius 3 is 2.47 bits per heavy atom. The average Bonchev–Trinajstić information content (AvgIpc) is 2.37. The third-order valence-electron chi connectivity index (χ3n) is 2.50. The summed E-state index contributed by atoms with van der Waals surface area (Å²) in [6.45, 7) is 3.64. The highest BCUT2D eigenvalue weighted by Crippen LogP contribution is 1.99. The topological polar surface area (TPSA) is 50.7 Å². The number of aliphatic hydroxyl groups excluding tert-OH is 1. The molecule has 0 aliphatic carbocycles. The molecule has 0 amide bonds. The van der Waals surface area contributed by atoms with Gasteiger partial charge in [0.25, 0.3) is 6.43 Å². The van der Waals surface area contributed by atoms with Crippen LogP contribution in [0.2, 0.25) is 0 Å². The molecule has 0 heterocycles. The quantitative estimate of drug-likeness (QED) is 0.477. The third-order valence-corrected chi connectivity index (χ3v) is 2.50. The molecule has 1 unspecified atom stereocenters. The van der Waals surface area contributed by atoms with E-state index < -0.39 is 19.1 Å². The SMILES string of the molecule is CCCCCCOCC(O)CNCCOCC(F)F. The fraction of sp³-hybridized carbons (Fsp3) is 1.00. The van der Waals surface area contributed by atoms with Crippen LogP contribution in [0.5, 0.6) is 0 Å². The summed E-state index contributed by atoms with van der Waals surface area (Å²) >= 11 is 0. The summed E-state index contributed by atoms with van der Waals surface area (Å²) in [5.41, 5.74) is 0. The molecule has 0 spiro atoms. The van der Waals surface area contributed by atoms with Gasteiger partial charge in [-0.1, -0.05) is 26.2 Å². The number of hydrogen-bond donors (Lipinski definition) is 2. The summed E-state index contributed by atoms with van der Waals surface area (Å²) in [4.78, 5) is 0. The van der Waals surface area contributed by atoms with Gasteiger partial charge in [-0.2, -0.15) is 0 Å². The maximum atomic E-state index is 11.7. The van der Waals surface area contributed by atoms with E-state index in [1.165, 1.54) is 12.8 Å². The number of halogens is 2. The second-order valence-corrected chi connectivity index (χ2v) is 4.46. The van der Waals surface area contributed by atoms with Crippen LogP contribution in [0.4, 0.5) is 8.78 Å². The van der Waals surface area contributed by atoms with Crippen molar-refractivity contribution in [2.75, 3.05) is 39.5 Å². The van der Waals surface area contributed by atoms with E-state index in [0.717, 1.165) is 12.8 Å². The Balaban J connectivity index is 3.14. The van der Waals surface area contributed by atoms with Gasteiger partial charge in [-0.05, 0) is 6.42 Å². The highest BCUT2D eigenvalue weighted by molar-refractivity contribution is 4.58. The summed E-state index contributed by atoms with van der Waals surface area (Å²) < 4.78 is 33.5. The Morgan fingerprint density at radius 1 is 1.05 bits per heavy atom. The molecule has 4 nitrogen and oxygen atoms in total. The zero-order valence-electron chi connectivity index (χ0n) is 11.7. The second-order valence-electron chi connectivity index (χ2n) is 4.46. The lowest BCUT2D eigenvalue weighted by Crippen LogP contribution is -2.32. The standard InChI is InChI=1S/C13H27F2NO3/c1-2-3-4-5-7-18-10-12(17)9-16-6-8-19-11-13(14)15/h12-13,16-17H,2-11H2,1H3. The molecule has 0 saturated heterocycles. The fourth-order valence-corrected chi connectivity index (χ4v) is 1.49. The molecule has 0 aromatic rings. The molecule has 1 atom stereocenters. The molecule has 6 heteroatoms. The number of aliphatic hydroxyl groups is 1. The van der Waals surface area contributed by atoms with Gasteiger partial charge in [0.1, 0.15) is 6.61 Å². The van der Waals surface area contributed by atoms with E-state index in [9.17, 15) is 13.9 Å². The van der Waals surface area contributed by atoms with Crippen molar-refractivity contribution in [2.45, 2.75) is 45.1 Å². The van der Waals surface area contributed by atoms with Gasteiger partial charge >= 0.3 is 0 Å². The normalized spacial score (nSPS) is 13.1. The number of nitrogens with one attached hydrogen (secondary N) is 1. The Labute approximate surface area is 114 Å². The first-order chi connectivity index (χ1) is 9.16. The molecule has 0 bridgehead atoms. The Hall–Kier alpha value is -0.300. The average molecular weight is 283 g/mol. The van der Waals surface area contributed by atoms with Gasteiger partial charge in [-0.3, -0.25) is 0 Å². The van der Waals surface area contributed by atoms with Crippen molar-refractivity contribution in [3.63, 3.8) is 0 Å². The van der Waals surface area contributed by atoms with Crippen LogP contribution in [0.25, 0.3) is 0 Å². The predicted octanol–water partition coefficient (Wildman–Crippen LogP) is 1.82. The van der Waals surface area contributed by atoms with Crippen molar-refractivity contribution in [3.05, 3.63) is 0 Å². The van der Waals surface area contributed by atoms with E-state index in [4.69, 9.17) is 4.74 Å². The van der Waals surface area contributed by atoms with Crippen molar-refractivity contribution in [1.29, 1.82) is 0 Å². The van der Waals surface area contributed by atoms with Crippen LogP contribution in [0.15, 0.2) is 0 Å². The van der Waals surface area contributed by atoms with Crippen LogP contribution in [0.3, 0.4) is 0 Å². The number of ether oxygens (including phenoxy) is 2. The lowest BCUT2D eigenvalue weighted by Gasteiger charge is -2.12. The van der Waals surface area contributed by atoms with Crippen LogP contribution in [0.1, 0.15) is 32.6 Å². The molecule has 0 saturated carbocycles. The van der Waals surface area contributed by atoms with Gasteiger partial charge in [0, 0.05) is 19.7 Å². The van der Waals surface area contributed by atoms with E-state index >= 15 is 0 Å². The number of unbranched alkanes of at least 4 members (excludes halogenated alkanes) is 3. The van der Waals surface area contributed by atoms with Crippen LogP contribution < -0.4 is 5.32 Å². The number of alkyl halides is 2. The Bertz CT molecular complexity index is 185. The molecule has 19 heavy (non-hydrogen) atoms. The van der Waals surface area contributed by atoms with Gasteiger partial charge in [-0.15, -0.1) is 0 Å². The Morgan fingerprint density at radius 2 is 1.79 bits per heavy atom. The first kappa shape index (κ1) is 18.7. The van der Waals surface area contributed by atoms with Crippen LogP contribution in [-0.2, 0) is 9.47 Å². The fourth-order valence-electron chi connectivity index (χ4n) is 1.49. The molecule has 0 aromatic heterocycles. The minimum absolute atomic E-state index is 0.217. The van der Waals surface area contributed by atoms with Crippen LogP contribution in [-0.4, -0.2) is 57.2 Å². The molecule has 116 valence electrons. The molecular formula is C13H27F2NO3. The minimum atomic E-state index is -2.42. The van der Waals surface area contributed by atoms with Crippen LogP contribution >= 0.6 is 0 Å². The molecule has 0 rings (SSSR count). The van der Waals surface area contributed by atoms with E-state index in [1.807, 2.05) is 0 Å². The zero-order chi connectivity index (χ0) is 14.3. The summed E-state index contributed by atoms with van der Waals surface area (Å²) in [5, 5.41) is 12.5. The first-order valence-corrected chi connectivity index (χ1v) is 6.99. The highest BCUT2D eigenvalue weighted by Gasteiger charge is 2.04. The first-order valence-electron chi connectivity index (χ1n) is 6.99. The van der Waals surface area contributed by atoms with Gasteiger partial charge in [0.05, 0.1) is 19.3 Å². The highest BCUT2D eigenvalue weighted by atomic mass is 19.3. The van der Waals surface area contributed by atoms with Gasteiger partial charge in [0.2, 0.25) is 0 Å². The maximum Gasteiger partial charge on any atom is 0.261 e. The summed E-state index contributed by atoms with van der Waals surface area (Å²) in [5.74, 6) is 0. The van der Waals surface area contributed by atoms with Gasteiger partial charge in [-0.25, -0.2) is 8.78 Å². The van der Waals surface area contributed by atoms with Gasteiger partial charge in [0.15, 0.2) is 0 Å². The van der Waals surface area contributed by atoms with Crippen molar-refractivity contribution in [2.24, 2.45) is 0 Å². The lowest BCUT2D eigenvalue weighted by atomic mass is 10.2. The van der Waals surface area contributed by atoms with E-state index in [1.54, 1.807) is 0 Å². The smallest absolute Gasteiger partial charge is 0.261 e. The van der Waals surface area contributed by atoms with Crippen molar-refractivity contribution in [1.82, 2.24) is 5.32 Å². The van der Waals surface area contributed by atoms with Crippen molar-refractivity contribution >= 4 is 0 Å². The molecular weight excluding hydrogens is 256 g/mol. The number of rotatable bonds is 14. The summed E-state index contributed by atoms with van der Waals surface area (Å²) in [6, 6.07) is 0. The predicted molar refractivity (Wildman–Crippen MR) is 70.7 cm³/mol. The molecule has 0 aliphatic heterocycles. The molecule has 0 aliphatic rings. The molecule has 0 fully saturated rings. The van der Waals surface area contributed by atoms with E-state index in [-0.39, 0.29) is 6.61 Å². The van der Waals surface area contributed by atoms with Crippen LogP contribution in [0, 0.1) is 0 Å². The number of hydrogen-bond acceptors (Lipinski definition) is 4. The third kappa shape index (κ3) is 15.6. The zero-order valence-corrected chi connectivity index (χ0v) is 11.7. The summed E-state index contributed by atoms with van der Waals surface area (Å²) in [6.07, 6.45) is 1.60. The van der Waals surface area contributed by atoms with Crippen molar-refractivity contribution < 1.29 is 23.4 Å². The molecule has 0 aromatic carbocycles. The summed E-state index contributed by atoms with van der Waals surface area (Å²) in [7, 11) is 0. The van der Waals surface area contributed by atoms with E-state index in [0.29, 0.717) is 26.3 Å². The minimum Gasteiger partial charge on any atom is -0.389 e. The van der Waals surface area contributed by atoms with Crippen molar-refractivity contribution in [3.8, 4) is 0 Å². The Kier molecular flexibility index (Phi) is 13.9. The lowest BCUT2D eigenvalue weighted by molar-refractivity contribution is 0.0150. The monoisotopic (exact) mass is 283 g/mol. The largest absolute Gasteiger partial charge is 0.389 e. The van der Waals surface area contributed by atoms with E-state index in [2.05, 4.69) is 17.0 Å². The van der Waals surface area contributed by atoms with Gasteiger partial charge < -0.3 is 19.9 Å². The molecule has 0 radical (unpaired) electrons.